The lowest BCUT2D eigenvalue weighted by Gasteiger charge is -2.08. The van der Waals surface area contributed by atoms with Gasteiger partial charge >= 0.3 is 0 Å². The van der Waals surface area contributed by atoms with Gasteiger partial charge in [-0.05, 0) is 29.3 Å². The highest BCUT2D eigenvalue weighted by molar-refractivity contribution is 7.14. The summed E-state index contributed by atoms with van der Waals surface area (Å²) in [5.41, 5.74) is 3.16. The van der Waals surface area contributed by atoms with Gasteiger partial charge < -0.3 is 10.6 Å². The molecule has 0 spiro atoms. The lowest BCUT2D eigenvalue weighted by atomic mass is 9.97. The van der Waals surface area contributed by atoms with Crippen LogP contribution >= 0.6 is 22.7 Å². The minimum Gasteiger partial charge on any atom is -0.342 e. The Morgan fingerprint density at radius 2 is 1.93 bits per heavy atom. The molecule has 0 saturated heterocycles. The summed E-state index contributed by atoms with van der Waals surface area (Å²) in [7, 11) is 0. The monoisotopic (exact) mass is 399 g/mol. The Hall–Kier alpha value is -2.51. The van der Waals surface area contributed by atoms with Crippen LogP contribution in [0.5, 0.6) is 0 Å². The minimum atomic E-state index is -0.298. The third-order valence-corrected chi connectivity index (χ3v) is 5.92. The molecule has 1 aromatic carbocycles. The van der Waals surface area contributed by atoms with Gasteiger partial charge in [-0.25, -0.2) is 4.98 Å². The van der Waals surface area contributed by atoms with Crippen molar-refractivity contribution in [1.29, 1.82) is 0 Å². The number of nitrogens with one attached hydrogen (secondary N) is 2. The number of nitrogens with zero attached hydrogens (tertiary/aromatic N) is 1. The van der Waals surface area contributed by atoms with Gasteiger partial charge in [-0.3, -0.25) is 9.59 Å². The summed E-state index contributed by atoms with van der Waals surface area (Å²) in [6.07, 6.45) is 1.11. The molecule has 0 unspecified atom stereocenters. The average Bonchev–Trinajstić information content (AvgIpc) is 3.38. The van der Waals surface area contributed by atoms with Crippen molar-refractivity contribution in [2.24, 2.45) is 0 Å². The van der Waals surface area contributed by atoms with Crippen molar-refractivity contribution in [2.45, 2.75) is 26.2 Å². The van der Waals surface area contributed by atoms with Crippen LogP contribution in [0.1, 0.15) is 41.4 Å². The molecule has 0 radical (unpaired) electrons. The largest absolute Gasteiger partial charge is 0.342 e. The molecule has 2 aromatic heterocycles. The van der Waals surface area contributed by atoms with Gasteiger partial charge in [0.15, 0.2) is 5.13 Å². The second-order valence-electron chi connectivity index (χ2n) is 6.18. The summed E-state index contributed by atoms with van der Waals surface area (Å²) in [6, 6.07) is 11.9. The average molecular weight is 400 g/mol. The quantitative estimate of drug-likeness (QED) is 0.602. The fourth-order valence-electron chi connectivity index (χ4n) is 2.50. The first-order valence-electron chi connectivity index (χ1n) is 8.74. The number of carbonyl (C=O) groups is 2. The van der Waals surface area contributed by atoms with Crippen LogP contribution in [0.4, 0.5) is 5.13 Å². The number of amides is 2. The Labute approximate surface area is 166 Å². The molecule has 0 saturated carbocycles. The molecule has 0 aliphatic rings. The number of rotatable bonds is 7. The van der Waals surface area contributed by atoms with Gasteiger partial charge in [-0.2, -0.15) is 0 Å². The first-order valence-corrected chi connectivity index (χ1v) is 10.5. The van der Waals surface area contributed by atoms with Gasteiger partial charge in [0.1, 0.15) is 0 Å². The molecule has 27 heavy (non-hydrogen) atoms. The zero-order valence-electron chi connectivity index (χ0n) is 15.2. The van der Waals surface area contributed by atoms with E-state index in [1.807, 2.05) is 10.8 Å². The minimum absolute atomic E-state index is 0.0880. The summed E-state index contributed by atoms with van der Waals surface area (Å²) in [4.78, 5) is 28.9. The molecule has 0 fully saturated rings. The predicted octanol–water partition coefficient (Wildman–Crippen LogP) is 4.75. The summed E-state index contributed by atoms with van der Waals surface area (Å²) in [5.74, 6) is -0.0111. The summed E-state index contributed by atoms with van der Waals surface area (Å²) in [5, 5.41) is 9.59. The molecule has 2 N–H and O–H groups in total. The zero-order valence-corrected chi connectivity index (χ0v) is 16.8. The van der Waals surface area contributed by atoms with E-state index in [-0.39, 0.29) is 18.4 Å². The maximum atomic E-state index is 12.0. The van der Waals surface area contributed by atoms with E-state index in [9.17, 15) is 9.59 Å². The highest BCUT2D eigenvalue weighted by Crippen LogP contribution is 2.27. The van der Waals surface area contributed by atoms with Crippen molar-refractivity contribution < 1.29 is 9.59 Å². The van der Waals surface area contributed by atoms with Crippen molar-refractivity contribution in [3.8, 4) is 11.3 Å². The van der Waals surface area contributed by atoms with E-state index in [1.54, 1.807) is 12.1 Å². The highest BCUT2D eigenvalue weighted by Gasteiger charge is 2.11. The van der Waals surface area contributed by atoms with Crippen LogP contribution in [0.3, 0.4) is 0 Å². The molecule has 7 heteroatoms. The fourth-order valence-corrected chi connectivity index (χ4v) is 3.88. The predicted molar refractivity (Wildman–Crippen MR) is 112 cm³/mol. The number of carbonyl (C=O) groups excluding carboxylic acids is 2. The highest BCUT2D eigenvalue weighted by atomic mass is 32.1. The zero-order chi connectivity index (χ0) is 19.2. The van der Waals surface area contributed by atoms with Gasteiger partial charge in [-0.15, -0.1) is 22.7 Å². The molecule has 1 atom stereocenters. The first kappa shape index (κ1) is 19.3. The Bertz CT molecular complexity index is 902. The Morgan fingerprint density at radius 3 is 2.59 bits per heavy atom. The van der Waals surface area contributed by atoms with E-state index < -0.39 is 0 Å². The molecule has 0 bridgehead atoms. The molecule has 3 rings (SSSR count). The topological polar surface area (TPSA) is 71.1 Å². The van der Waals surface area contributed by atoms with Crippen molar-refractivity contribution in [2.75, 3.05) is 11.9 Å². The smallest absolute Gasteiger partial charge is 0.261 e. The second-order valence-corrected chi connectivity index (χ2v) is 7.98. The molecule has 0 aliphatic heterocycles. The van der Waals surface area contributed by atoms with Crippen LogP contribution in [-0.4, -0.2) is 23.3 Å². The van der Waals surface area contributed by atoms with Crippen molar-refractivity contribution >= 4 is 39.6 Å². The van der Waals surface area contributed by atoms with Gasteiger partial charge in [0, 0.05) is 10.9 Å². The van der Waals surface area contributed by atoms with Crippen LogP contribution in [-0.2, 0) is 4.79 Å². The normalized spacial score (nSPS) is 11.8. The SMILES string of the molecule is CC[C@H](C)c1ccc(-c2csc(NC(=O)CNC(=O)c3cccs3)n2)cc1. The van der Waals surface area contributed by atoms with Gasteiger partial charge in [0.2, 0.25) is 5.91 Å². The van der Waals surface area contributed by atoms with Crippen molar-refractivity contribution in [3.05, 3.63) is 57.6 Å². The number of hydrogen-bond acceptors (Lipinski definition) is 5. The molecule has 3 aromatic rings. The van der Waals surface area contributed by atoms with Gasteiger partial charge in [0.25, 0.3) is 5.91 Å². The molecule has 2 amide bonds. The molecule has 2 heterocycles. The fraction of sp³-hybridized carbons (Fsp3) is 0.250. The maximum absolute atomic E-state index is 12.0. The first-order chi connectivity index (χ1) is 13.1. The lowest BCUT2D eigenvalue weighted by molar-refractivity contribution is -0.115. The van der Waals surface area contributed by atoms with Gasteiger partial charge in [0.05, 0.1) is 17.1 Å². The molecule has 5 nitrogen and oxygen atoms in total. The number of thiazole rings is 1. The summed E-state index contributed by atoms with van der Waals surface area (Å²) in [6.45, 7) is 4.30. The van der Waals surface area contributed by atoms with Crippen LogP contribution in [0.2, 0.25) is 0 Å². The van der Waals surface area contributed by atoms with Crippen LogP contribution in [0, 0.1) is 0 Å². The van der Waals surface area contributed by atoms with Gasteiger partial charge in [-0.1, -0.05) is 44.2 Å². The Balaban J connectivity index is 1.55. The summed E-state index contributed by atoms with van der Waals surface area (Å²) >= 11 is 2.70. The second kappa shape index (κ2) is 8.92. The van der Waals surface area contributed by atoms with E-state index >= 15 is 0 Å². The number of anilines is 1. The lowest BCUT2D eigenvalue weighted by Crippen LogP contribution is -2.32. The summed E-state index contributed by atoms with van der Waals surface area (Å²) < 4.78 is 0. The Kier molecular flexibility index (Phi) is 6.36. The third kappa shape index (κ3) is 5.02. The van der Waals surface area contributed by atoms with Crippen molar-refractivity contribution in [1.82, 2.24) is 10.3 Å². The van der Waals surface area contributed by atoms with E-state index in [0.717, 1.165) is 17.7 Å². The Morgan fingerprint density at radius 1 is 1.15 bits per heavy atom. The number of thiophene rings is 1. The van der Waals surface area contributed by atoms with Crippen LogP contribution in [0.25, 0.3) is 11.3 Å². The van der Waals surface area contributed by atoms with E-state index in [2.05, 4.69) is 53.7 Å². The van der Waals surface area contributed by atoms with Crippen LogP contribution in [0.15, 0.2) is 47.2 Å². The molecular formula is C20H21N3O2S2. The number of hydrogen-bond donors (Lipinski definition) is 2. The number of benzene rings is 1. The molecule has 0 aliphatic carbocycles. The van der Waals surface area contributed by atoms with E-state index in [4.69, 9.17) is 0 Å². The maximum Gasteiger partial charge on any atom is 0.261 e. The number of aromatic nitrogens is 1. The standard InChI is InChI=1S/C20H21N3O2S2/c1-3-13(2)14-6-8-15(9-7-14)16-12-27-20(22-16)23-18(24)11-21-19(25)17-5-4-10-26-17/h4-10,12-13H,3,11H2,1-2H3,(H,21,25)(H,22,23,24)/t13-/m0/s1. The molecular weight excluding hydrogens is 378 g/mol. The van der Waals surface area contributed by atoms with Crippen LogP contribution < -0.4 is 10.6 Å². The third-order valence-electron chi connectivity index (χ3n) is 4.29. The van der Waals surface area contributed by atoms with E-state index in [0.29, 0.717) is 15.9 Å². The molecule has 140 valence electrons. The van der Waals surface area contributed by atoms with Crippen molar-refractivity contribution in [3.63, 3.8) is 0 Å². The van der Waals surface area contributed by atoms with E-state index in [1.165, 1.54) is 28.2 Å².